The molecule has 1 atom stereocenters. The molecule has 2 N–H and O–H groups in total. The van der Waals surface area contributed by atoms with Crippen molar-refractivity contribution in [3.05, 3.63) is 70.9 Å². The Morgan fingerprint density at radius 3 is 2.21 bits per heavy atom. The van der Waals surface area contributed by atoms with Crippen molar-refractivity contribution < 1.29 is 32.6 Å². The highest BCUT2D eigenvalue weighted by molar-refractivity contribution is 6.04. The van der Waals surface area contributed by atoms with Crippen molar-refractivity contribution in [2.24, 2.45) is 5.41 Å². The van der Waals surface area contributed by atoms with Gasteiger partial charge in [-0.2, -0.15) is 13.2 Å². The van der Waals surface area contributed by atoms with Gasteiger partial charge in [0.1, 0.15) is 18.2 Å². The predicted octanol–water partition coefficient (Wildman–Crippen LogP) is 5.37. The number of hydrogen-bond acceptors (Lipinski definition) is 4. The van der Waals surface area contributed by atoms with Crippen LogP contribution in [0.4, 0.5) is 13.2 Å². The van der Waals surface area contributed by atoms with Crippen LogP contribution in [0.25, 0.3) is 10.9 Å². The SMILES string of the molecule is Cc1ccc2ccc(C(=O)N[C@H](C(=O)O)C(C)(C)C)c(OCc3ccc(C(F)(F)F)cc3)c2n1. The van der Waals surface area contributed by atoms with Crippen LogP contribution in [0, 0.1) is 12.3 Å². The minimum atomic E-state index is -4.45. The third kappa shape index (κ3) is 5.65. The van der Waals surface area contributed by atoms with Crippen LogP contribution in [0.5, 0.6) is 5.75 Å². The first-order chi connectivity index (χ1) is 15.8. The highest BCUT2D eigenvalue weighted by Crippen LogP contribution is 2.32. The second-order valence-corrected chi connectivity index (χ2v) is 9.06. The average Bonchev–Trinajstić information content (AvgIpc) is 2.74. The third-order valence-corrected chi connectivity index (χ3v) is 5.25. The second kappa shape index (κ2) is 9.32. The number of carboxylic acid groups (broad SMARTS) is 1. The fourth-order valence-electron chi connectivity index (χ4n) is 3.39. The Kier molecular flexibility index (Phi) is 6.86. The first-order valence-corrected chi connectivity index (χ1v) is 10.5. The highest BCUT2D eigenvalue weighted by Gasteiger charge is 2.34. The van der Waals surface area contributed by atoms with Gasteiger partial charge in [0.25, 0.3) is 5.91 Å². The maximum absolute atomic E-state index is 13.1. The number of pyridine rings is 1. The number of hydrogen-bond donors (Lipinski definition) is 2. The van der Waals surface area contributed by atoms with Gasteiger partial charge in [-0.15, -0.1) is 0 Å². The Hall–Kier alpha value is -3.62. The van der Waals surface area contributed by atoms with Crippen LogP contribution < -0.4 is 10.1 Å². The molecule has 9 heteroatoms. The molecule has 0 saturated carbocycles. The van der Waals surface area contributed by atoms with Gasteiger partial charge >= 0.3 is 12.1 Å². The summed E-state index contributed by atoms with van der Waals surface area (Å²) in [7, 11) is 0. The van der Waals surface area contributed by atoms with Gasteiger partial charge in [-0.1, -0.05) is 45.0 Å². The van der Waals surface area contributed by atoms with Crippen molar-refractivity contribution in [3.63, 3.8) is 0 Å². The Balaban J connectivity index is 1.98. The highest BCUT2D eigenvalue weighted by atomic mass is 19.4. The summed E-state index contributed by atoms with van der Waals surface area (Å²) < 4.78 is 44.4. The number of amides is 1. The molecule has 1 amide bonds. The lowest BCUT2D eigenvalue weighted by atomic mass is 9.86. The first-order valence-electron chi connectivity index (χ1n) is 10.5. The van der Waals surface area contributed by atoms with E-state index in [2.05, 4.69) is 10.3 Å². The van der Waals surface area contributed by atoms with Gasteiger partial charge in [0.15, 0.2) is 5.75 Å². The number of alkyl halides is 3. The normalized spacial score (nSPS) is 12.9. The largest absolute Gasteiger partial charge is 0.486 e. The number of aliphatic carboxylic acids is 1. The van der Waals surface area contributed by atoms with E-state index in [4.69, 9.17) is 4.74 Å². The summed E-state index contributed by atoms with van der Waals surface area (Å²) in [5.41, 5.74) is 0.0644. The van der Waals surface area contributed by atoms with E-state index in [1.54, 1.807) is 45.9 Å². The quantitative estimate of drug-likeness (QED) is 0.502. The molecule has 3 rings (SSSR count). The predicted molar refractivity (Wildman–Crippen MR) is 121 cm³/mol. The molecule has 0 aliphatic rings. The molecule has 0 spiro atoms. The maximum atomic E-state index is 13.1. The minimum absolute atomic E-state index is 0.0769. The molecule has 3 aromatic rings. The molecular formula is C25H25F3N2O4. The minimum Gasteiger partial charge on any atom is -0.486 e. The molecule has 2 aromatic carbocycles. The third-order valence-electron chi connectivity index (χ3n) is 5.25. The monoisotopic (exact) mass is 474 g/mol. The zero-order valence-corrected chi connectivity index (χ0v) is 19.2. The van der Waals surface area contributed by atoms with Crippen LogP contribution in [-0.2, 0) is 17.6 Å². The van der Waals surface area contributed by atoms with E-state index in [9.17, 15) is 27.9 Å². The van der Waals surface area contributed by atoms with Gasteiger partial charge < -0.3 is 15.2 Å². The van der Waals surface area contributed by atoms with Crippen molar-refractivity contribution in [1.29, 1.82) is 0 Å². The molecule has 1 heterocycles. The summed E-state index contributed by atoms with van der Waals surface area (Å²) in [4.78, 5) is 29.3. The number of nitrogens with zero attached hydrogens (tertiary/aromatic N) is 1. The number of aryl methyl sites for hydroxylation is 1. The topological polar surface area (TPSA) is 88.5 Å². The van der Waals surface area contributed by atoms with Crippen molar-refractivity contribution >= 4 is 22.8 Å². The number of ether oxygens (including phenoxy) is 1. The van der Waals surface area contributed by atoms with Crippen LogP contribution in [0.3, 0.4) is 0 Å². The molecule has 34 heavy (non-hydrogen) atoms. The summed E-state index contributed by atoms with van der Waals surface area (Å²) in [5.74, 6) is -1.71. The van der Waals surface area contributed by atoms with E-state index >= 15 is 0 Å². The summed E-state index contributed by atoms with van der Waals surface area (Å²) in [6.45, 7) is 6.73. The number of nitrogens with one attached hydrogen (secondary N) is 1. The number of halogens is 3. The van der Waals surface area contributed by atoms with E-state index in [0.29, 0.717) is 22.2 Å². The molecule has 0 saturated heterocycles. The number of rotatable bonds is 6. The average molecular weight is 474 g/mol. The number of fused-ring (bicyclic) bond motifs is 1. The van der Waals surface area contributed by atoms with Crippen LogP contribution in [-0.4, -0.2) is 28.0 Å². The number of carboxylic acids is 1. The van der Waals surface area contributed by atoms with Gasteiger partial charge in [-0.25, -0.2) is 9.78 Å². The summed E-state index contributed by atoms with van der Waals surface area (Å²) in [6.07, 6.45) is -4.45. The molecule has 0 radical (unpaired) electrons. The van der Waals surface area contributed by atoms with Crippen LogP contribution in [0.1, 0.15) is 48.0 Å². The molecule has 0 fully saturated rings. The van der Waals surface area contributed by atoms with E-state index in [1.807, 2.05) is 0 Å². The zero-order valence-electron chi connectivity index (χ0n) is 19.2. The summed E-state index contributed by atoms with van der Waals surface area (Å²) >= 11 is 0. The number of benzene rings is 2. The number of aromatic nitrogens is 1. The van der Waals surface area contributed by atoms with Gasteiger partial charge in [-0.3, -0.25) is 4.79 Å². The molecule has 180 valence electrons. The Labute approximate surface area is 194 Å². The lowest BCUT2D eigenvalue weighted by Gasteiger charge is -2.28. The molecule has 0 unspecified atom stereocenters. The van der Waals surface area contributed by atoms with Gasteiger partial charge in [0, 0.05) is 11.1 Å². The van der Waals surface area contributed by atoms with Crippen molar-refractivity contribution in [1.82, 2.24) is 10.3 Å². The van der Waals surface area contributed by atoms with E-state index in [-0.39, 0.29) is 17.9 Å². The maximum Gasteiger partial charge on any atom is 0.416 e. The first kappa shape index (κ1) is 25.0. The molecular weight excluding hydrogens is 449 g/mol. The van der Waals surface area contributed by atoms with Crippen molar-refractivity contribution in [3.8, 4) is 5.75 Å². The summed E-state index contributed by atoms with van der Waals surface area (Å²) in [5, 5.41) is 12.8. The van der Waals surface area contributed by atoms with E-state index in [0.717, 1.165) is 12.1 Å². The zero-order chi connectivity index (χ0) is 25.3. The molecule has 0 aliphatic carbocycles. The smallest absolute Gasteiger partial charge is 0.416 e. The number of carbonyl (C=O) groups excluding carboxylic acids is 1. The van der Waals surface area contributed by atoms with Crippen LogP contribution >= 0.6 is 0 Å². The lowest BCUT2D eigenvalue weighted by Crippen LogP contribution is -2.49. The van der Waals surface area contributed by atoms with Gasteiger partial charge in [0.05, 0.1) is 11.1 Å². The van der Waals surface area contributed by atoms with Gasteiger partial charge in [-0.05, 0) is 42.2 Å². The molecule has 0 aliphatic heterocycles. The Bertz CT molecular complexity index is 1220. The number of carbonyl (C=O) groups is 2. The fraction of sp³-hybridized carbons (Fsp3) is 0.320. The molecule has 6 nitrogen and oxygen atoms in total. The van der Waals surface area contributed by atoms with E-state index in [1.165, 1.54) is 18.2 Å². The molecule has 1 aromatic heterocycles. The lowest BCUT2D eigenvalue weighted by molar-refractivity contribution is -0.142. The Morgan fingerprint density at radius 1 is 1.03 bits per heavy atom. The molecule has 0 bridgehead atoms. The Morgan fingerprint density at radius 2 is 1.65 bits per heavy atom. The second-order valence-electron chi connectivity index (χ2n) is 9.06. The van der Waals surface area contributed by atoms with Crippen LogP contribution in [0.2, 0.25) is 0 Å². The standard InChI is InChI=1S/C25H25F3N2O4/c1-14-5-8-16-9-12-18(22(31)30-21(23(32)33)24(2,3)4)20(19(16)29-14)34-13-15-6-10-17(11-7-15)25(26,27)28/h5-12,21H,13H2,1-4H3,(H,30,31)(H,32,33)/t21-/m1/s1. The fourth-order valence-corrected chi connectivity index (χ4v) is 3.39. The summed E-state index contributed by atoms with van der Waals surface area (Å²) in [6, 6.07) is 10.1. The van der Waals surface area contributed by atoms with E-state index < -0.39 is 35.1 Å². The van der Waals surface area contributed by atoms with Crippen molar-refractivity contribution in [2.45, 2.75) is 46.5 Å². The van der Waals surface area contributed by atoms with Crippen LogP contribution in [0.15, 0.2) is 48.5 Å². The van der Waals surface area contributed by atoms with Gasteiger partial charge in [0.2, 0.25) is 0 Å². The van der Waals surface area contributed by atoms with Crippen molar-refractivity contribution in [2.75, 3.05) is 0 Å².